The van der Waals surface area contributed by atoms with Crippen molar-refractivity contribution in [1.82, 2.24) is 9.97 Å². The zero-order valence-electron chi connectivity index (χ0n) is 15.0. The van der Waals surface area contributed by atoms with Crippen LogP contribution in [0, 0.1) is 23.1 Å². The number of hydrogen-bond donors (Lipinski definition) is 3. The molecule has 2 aromatic rings. The van der Waals surface area contributed by atoms with Gasteiger partial charge in [0.2, 0.25) is 5.95 Å². The molecule has 0 saturated heterocycles. The third kappa shape index (κ3) is 3.76. The van der Waals surface area contributed by atoms with Crippen LogP contribution in [0.3, 0.4) is 0 Å². The standard InChI is InChI=1S/C18H18BClFN5O2/c20-13-6-12(5-11-9-28-19(27)16(11)13)24-18-23-8-14(21)17(26-18)25-15-4-2-1-3-10(15)7-22/h5-6,8,10,15,27H,1-4,9H2,(H2,23,24,25,26). The highest BCUT2D eigenvalue weighted by atomic mass is 35.5. The molecule has 0 amide bonds. The molecule has 2 aliphatic rings. The molecule has 10 heteroatoms. The van der Waals surface area contributed by atoms with E-state index in [0.29, 0.717) is 16.2 Å². The lowest BCUT2D eigenvalue weighted by molar-refractivity contribution is 0.275. The summed E-state index contributed by atoms with van der Waals surface area (Å²) < 4.78 is 19.4. The first-order chi connectivity index (χ1) is 13.5. The minimum atomic E-state index is -1.03. The number of halogens is 2. The van der Waals surface area contributed by atoms with Gasteiger partial charge in [-0.2, -0.15) is 10.2 Å². The summed E-state index contributed by atoms with van der Waals surface area (Å²) in [4.78, 5) is 8.21. The van der Waals surface area contributed by atoms with Crippen LogP contribution in [0.2, 0.25) is 5.02 Å². The van der Waals surface area contributed by atoms with Gasteiger partial charge in [0.15, 0.2) is 11.6 Å². The minimum absolute atomic E-state index is 0.0654. The topological polar surface area (TPSA) is 103 Å². The van der Waals surface area contributed by atoms with Crippen LogP contribution in [0.4, 0.5) is 21.8 Å². The molecule has 4 rings (SSSR count). The minimum Gasteiger partial charge on any atom is -0.423 e. The molecule has 2 atom stereocenters. The molecule has 1 aliphatic heterocycles. The van der Waals surface area contributed by atoms with Crippen LogP contribution in [0.25, 0.3) is 0 Å². The van der Waals surface area contributed by atoms with Crippen LogP contribution < -0.4 is 16.1 Å². The van der Waals surface area contributed by atoms with E-state index in [-0.39, 0.29) is 30.3 Å². The number of nitrogens with one attached hydrogen (secondary N) is 2. The average Bonchev–Trinajstić information content (AvgIpc) is 3.06. The molecule has 2 unspecified atom stereocenters. The van der Waals surface area contributed by atoms with Crippen molar-refractivity contribution in [2.45, 2.75) is 38.3 Å². The fourth-order valence-corrected chi connectivity index (χ4v) is 4.02. The van der Waals surface area contributed by atoms with Crippen LogP contribution in [0.1, 0.15) is 31.2 Å². The van der Waals surface area contributed by atoms with Gasteiger partial charge in [0.05, 0.1) is 24.8 Å². The molecule has 3 N–H and O–H groups in total. The number of benzene rings is 1. The van der Waals surface area contributed by atoms with Gasteiger partial charge in [-0.3, -0.25) is 0 Å². The molecule has 144 valence electrons. The van der Waals surface area contributed by atoms with Gasteiger partial charge < -0.3 is 20.3 Å². The Bertz CT molecular complexity index is 941. The Kier molecular flexibility index (Phi) is 5.35. The van der Waals surface area contributed by atoms with Crippen molar-refractivity contribution in [2.75, 3.05) is 10.6 Å². The number of rotatable bonds is 4. The number of anilines is 3. The van der Waals surface area contributed by atoms with E-state index in [4.69, 9.17) is 16.3 Å². The number of hydrogen-bond acceptors (Lipinski definition) is 7. The Balaban J connectivity index is 1.55. The summed E-state index contributed by atoms with van der Waals surface area (Å²) in [5, 5.41) is 25.5. The Morgan fingerprint density at radius 2 is 2.18 bits per heavy atom. The first-order valence-electron chi connectivity index (χ1n) is 9.13. The summed E-state index contributed by atoms with van der Waals surface area (Å²) in [5.74, 6) is -0.475. The molecule has 1 aliphatic carbocycles. The van der Waals surface area contributed by atoms with Crippen molar-refractivity contribution in [1.29, 1.82) is 5.26 Å². The molecule has 0 bridgehead atoms. The molecule has 1 fully saturated rings. The van der Waals surface area contributed by atoms with E-state index in [2.05, 4.69) is 26.7 Å². The molecule has 28 heavy (non-hydrogen) atoms. The molecular weight excluding hydrogens is 383 g/mol. The van der Waals surface area contributed by atoms with E-state index < -0.39 is 12.9 Å². The normalized spacial score (nSPS) is 21.1. The highest BCUT2D eigenvalue weighted by molar-refractivity contribution is 6.65. The van der Waals surface area contributed by atoms with Crippen LogP contribution in [0.15, 0.2) is 18.3 Å². The van der Waals surface area contributed by atoms with Gasteiger partial charge in [-0.15, -0.1) is 0 Å². The van der Waals surface area contributed by atoms with Gasteiger partial charge in [-0.1, -0.05) is 24.4 Å². The number of nitriles is 1. The van der Waals surface area contributed by atoms with E-state index in [1.165, 1.54) is 0 Å². The maximum Gasteiger partial charge on any atom is 0.493 e. The first-order valence-corrected chi connectivity index (χ1v) is 9.50. The van der Waals surface area contributed by atoms with Crippen LogP contribution >= 0.6 is 11.6 Å². The number of fused-ring (bicyclic) bond motifs is 1. The summed E-state index contributed by atoms with van der Waals surface area (Å²) in [6.07, 6.45) is 4.69. The zero-order chi connectivity index (χ0) is 19.7. The summed E-state index contributed by atoms with van der Waals surface area (Å²) in [7, 11) is -1.03. The molecule has 1 aromatic carbocycles. The zero-order valence-corrected chi connectivity index (χ0v) is 15.7. The number of aromatic nitrogens is 2. The van der Waals surface area contributed by atoms with Gasteiger partial charge >= 0.3 is 7.12 Å². The van der Waals surface area contributed by atoms with Gasteiger partial charge in [0, 0.05) is 22.2 Å². The first kappa shape index (κ1) is 18.9. The third-order valence-corrected chi connectivity index (χ3v) is 5.43. The fraction of sp³-hybridized carbons (Fsp3) is 0.389. The fourth-order valence-electron chi connectivity index (χ4n) is 3.69. The smallest absolute Gasteiger partial charge is 0.423 e. The van der Waals surface area contributed by atoms with E-state index in [9.17, 15) is 14.7 Å². The van der Waals surface area contributed by atoms with E-state index >= 15 is 0 Å². The summed E-state index contributed by atoms with van der Waals surface area (Å²) in [6.45, 7) is 0.250. The molecule has 1 saturated carbocycles. The lowest BCUT2D eigenvalue weighted by atomic mass is 9.79. The monoisotopic (exact) mass is 401 g/mol. The van der Waals surface area contributed by atoms with Crippen molar-refractivity contribution in [3.05, 3.63) is 34.7 Å². The predicted octanol–water partition coefficient (Wildman–Crippen LogP) is 2.72. The van der Waals surface area contributed by atoms with Crippen LogP contribution in [-0.2, 0) is 11.3 Å². The Morgan fingerprint density at radius 3 is 3.00 bits per heavy atom. The predicted molar refractivity (Wildman–Crippen MR) is 104 cm³/mol. The SMILES string of the molecule is N#CC1CCCCC1Nc1nc(Nc2cc(Cl)c3c(c2)COB3O)ncc1F. The maximum absolute atomic E-state index is 14.2. The second kappa shape index (κ2) is 7.91. The lowest BCUT2D eigenvalue weighted by Gasteiger charge is -2.28. The molecule has 0 spiro atoms. The largest absolute Gasteiger partial charge is 0.493 e. The molecule has 7 nitrogen and oxygen atoms in total. The quantitative estimate of drug-likeness (QED) is 0.677. The van der Waals surface area contributed by atoms with E-state index in [1.54, 1.807) is 12.1 Å². The molecule has 1 aromatic heterocycles. The third-order valence-electron chi connectivity index (χ3n) is 5.11. The van der Waals surface area contributed by atoms with Crippen molar-refractivity contribution in [3.63, 3.8) is 0 Å². The summed E-state index contributed by atoms with van der Waals surface area (Å²) in [5.41, 5.74) is 1.92. The van der Waals surface area contributed by atoms with E-state index in [0.717, 1.165) is 37.4 Å². The van der Waals surface area contributed by atoms with Crippen LogP contribution in [0.5, 0.6) is 0 Å². The lowest BCUT2D eigenvalue weighted by Crippen LogP contribution is -2.32. The Labute approximate surface area is 167 Å². The summed E-state index contributed by atoms with van der Waals surface area (Å²) in [6, 6.07) is 5.57. The van der Waals surface area contributed by atoms with Crippen molar-refractivity contribution in [2.24, 2.45) is 5.92 Å². The molecular formula is C18H18BClFN5O2. The molecule has 2 heterocycles. The Hall–Kier alpha value is -2.41. The average molecular weight is 402 g/mol. The van der Waals surface area contributed by atoms with Gasteiger partial charge in [0.1, 0.15) is 0 Å². The highest BCUT2D eigenvalue weighted by Crippen LogP contribution is 2.28. The maximum atomic E-state index is 14.2. The van der Waals surface area contributed by atoms with Gasteiger partial charge in [-0.05, 0) is 30.5 Å². The highest BCUT2D eigenvalue weighted by Gasteiger charge is 2.30. The number of nitrogens with zero attached hydrogens (tertiary/aromatic N) is 3. The van der Waals surface area contributed by atoms with Gasteiger partial charge in [0.25, 0.3) is 0 Å². The van der Waals surface area contributed by atoms with Crippen LogP contribution in [-0.4, -0.2) is 28.2 Å². The van der Waals surface area contributed by atoms with E-state index in [1.807, 2.05) is 0 Å². The summed E-state index contributed by atoms with van der Waals surface area (Å²) >= 11 is 6.23. The van der Waals surface area contributed by atoms with Crippen molar-refractivity contribution >= 4 is 41.6 Å². The molecule has 0 radical (unpaired) electrons. The van der Waals surface area contributed by atoms with Gasteiger partial charge in [-0.25, -0.2) is 9.37 Å². The second-order valence-electron chi connectivity index (χ2n) is 6.98. The second-order valence-corrected chi connectivity index (χ2v) is 7.39. The Morgan fingerprint density at radius 1 is 1.36 bits per heavy atom. The van der Waals surface area contributed by atoms with Crippen molar-refractivity contribution < 1.29 is 14.1 Å². The van der Waals surface area contributed by atoms with Crippen molar-refractivity contribution in [3.8, 4) is 6.07 Å².